The molecule has 4 rings (SSSR count). The Hall–Kier alpha value is -1.61. The third kappa shape index (κ3) is 2.55. The lowest BCUT2D eigenvalue weighted by Crippen LogP contribution is -2.05. The molecule has 2 aromatic rings. The first-order valence-corrected chi connectivity index (χ1v) is 10.4. The largest absolute Gasteiger partial charge is 0.496 e. The van der Waals surface area contributed by atoms with Gasteiger partial charge in [0.05, 0.1) is 12.0 Å². The summed E-state index contributed by atoms with van der Waals surface area (Å²) in [5.74, 6) is 2.73. The second-order valence-electron chi connectivity index (χ2n) is 8.68. The fourth-order valence-electron chi connectivity index (χ4n) is 5.23. The second kappa shape index (κ2) is 5.95. The highest BCUT2D eigenvalue weighted by Gasteiger charge is 2.63. The summed E-state index contributed by atoms with van der Waals surface area (Å²) in [7, 11) is 1.71. The summed E-state index contributed by atoms with van der Waals surface area (Å²) >= 11 is 1.73. The molecule has 0 spiro atoms. The Morgan fingerprint density at radius 3 is 2.50 bits per heavy atom. The van der Waals surface area contributed by atoms with E-state index in [9.17, 15) is 4.79 Å². The molecule has 0 N–H and O–H groups in total. The quantitative estimate of drug-likeness (QED) is 0.624. The number of ether oxygens (including phenoxy) is 1. The number of carbonyl (C=O) groups excluding carboxylic acids is 1. The fourth-order valence-corrected chi connectivity index (χ4v) is 6.43. The first-order chi connectivity index (χ1) is 12.3. The van der Waals surface area contributed by atoms with Crippen molar-refractivity contribution in [2.75, 3.05) is 7.11 Å². The molecule has 2 aliphatic rings. The normalized spacial score (nSPS) is 22.1. The summed E-state index contributed by atoms with van der Waals surface area (Å²) in [6.07, 6.45) is 2.50. The number of ketones is 1. The number of hydrogen-bond donors (Lipinski definition) is 0. The molecule has 1 heterocycles. The zero-order valence-electron chi connectivity index (χ0n) is 16.7. The van der Waals surface area contributed by atoms with E-state index in [1.165, 1.54) is 21.6 Å². The topological polar surface area (TPSA) is 26.3 Å². The Morgan fingerprint density at radius 2 is 1.88 bits per heavy atom. The third-order valence-electron chi connectivity index (χ3n) is 6.64. The van der Waals surface area contributed by atoms with Gasteiger partial charge >= 0.3 is 0 Å². The van der Waals surface area contributed by atoms with E-state index in [2.05, 4.69) is 46.8 Å². The Bertz CT molecular complexity index is 880. The average Bonchev–Trinajstić information content (AvgIpc) is 2.92. The molecule has 1 aromatic carbocycles. The van der Waals surface area contributed by atoms with Crippen molar-refractivity contribution >= 4 is 17.1 Å². The third-order valence-corrected chi connectivity index (χ3v) is 7.84. The van der Waals surface area contributed by atoms with Crippen molar-refractivity contribution in [3.63, 3.8) is 0 Å². The minimum Gasteiger partial charge on any atom is -0.496 e. The van der Waals surface area contributed by atoms with Gasteiger partial charge in [-0.25, -0.2) is 0 Å². The summed E-state index contributed by atoms with van der Waals surface area (Å²) in [4.78, 5) is 15.4. The molecule has 1 fully saturated rings. The van der Waals surface area contributed by atoms with Crippen LogP contribution in [-0.2, 0) is 12.8 Å². The van der Waals surface area contributed by atoms with E-state index in [4.69, 9.17) is 4.74 Å². The maximum Gasteiger partial charge on any atom is 0.173 e. The van der Waals surface area contributed by atoms with E-state index < -0.39 is 0 Å². The van der Waals surface area contributed by atoms with Crippen molar-refractivity contribution in [1.29, 1.82) is 0 Å². The van der Waals surface area contributed by atoms with Crippen molar-refractivity contribution in [2.45, 2.75) is 59.8 Å². The van der Waals surface area contributed by atoms with E-state index in [0.29, 0.717) is 23.5 Å². The summed E-state index contributed by atoms with van der Waals surface area (Å²) in [5.41, 5.74) is 6.86. The van der Waals surface area contributed by atoms with Gasteiger partial charge in [0.1, 0.15) is 5.75 Å². The maximum absolute atomic E-state index is 13.0. The molecule has 2 nitrogen and oxygen atoms in total. The van der Waals surface area contributed by atoms with Crippen molar-refractivity contribution in [2.24, 2.45) is 11.3 Å². The number of benzene rings is 1. The van der Waals surface area contributed by atoms with Crippen LogP contribution in [-0.4, -0.2) is 12.9 Å². The smallest absolute Gasteiger partial charge is 0.173 e. The molecule has 1 saturated carbocycles. The van der Waals surface area contributed by atoms with Crippen LogP contribution in [0.5, 0.6) is 5.75 Å². The van der Waals surface area contributed by atoms with E-state index in [0.717, 1.165) is 40.5 Å². The molecule has 26 heavy (non-hydrogen) atoms. The van der Waals surface area contributed by atoms with Crippen molar-refractivity contribution in [3.8, 4) is 5.75 Å². The fraction of sp³-hybridized carbons (Fsp3) is 0.522. The van der Waals surface area contributed by atoms with Crippen molar-refractivity contribution in [1.82, 2.24) is 0 Å². The highest BCUT2D eigenvalue weighted by atomic mass is 32.1. The van der Waals surface area contributed by atoms with Crippen molar-refractivity contribution in [3.05, 3.63) is 49.7 Å². The number of fused-ring (bicyclic) bond motifs is 3. The van der Waals surface area contributed by atoms with Crippen LogP contribution in [0, 0.1) is 32.1 Å². The van der Waals surface area contributed by atoms with Gasteiger partial charge in [-0.2, -0.15) is 0 Å². The number of carbonyl (C=O) groups is 1. The highest BCUT2D eigenvalue weighted by molar-refractivity contribution is 7.14. The summed E-state index contributed by atoms with van der Waals surface area (Å²) < 4.78 is 5.44. The average molecular weight is 369 g/mol. The predicted molar refractivity (Wildman–Crippen MR) is 108 cm³/mol. The van der Waals surface area contributed by atoms with Crippen LogP contribution in [0.15, 0.2) is 12.1 Å². The van der Waals surface area contributed by atoms with Gasteiger partial charge in [-0.05, 0) is 78.7 Å². The van der Waals surface area contributed by atoms with E-state index in [1.54, 1.807) is 18.4 Å². The number of thiophene rings is 1. The van der Waals surface area contributed by atoms with E-state index in [-0.39, 0.29) is 0 Å². The lowest BCUT2D eigenvalue weighted by atomic mass is 9.93. The molecule has 0 radical (unpaired) electrons. The van der Waals surface area contributed by atoms with E-state index in [1.807, 2.05) is 0 Å². The number of rotatable bonds is 5. The summed E-state index contributed by atoms with van der Waals surface area (Å²) in [5, 5.41) is 0. The molecule has 3 heteroatoms. The maximum atomic E-state index is 13.0. The lowest BCUT2D eigenvalue weighted by Gasteiger charge is -2.11. The van der Waals surface area contributed by atoms with Crippen LogP contribution in [0.1, 0.15) is 68.6 Å². The highest BCUT2D eigenvalue weighted by Crippen LogP contribution is 2.71. The number of hydrogen-bond acceptors (Lipinski definition) is 3. The molecule has 0 saturated heterocycles. The molecule has 0 unspecified atom stereocenters. The SMILES string of the molecule is COc1c(C)cc(CCC(=O)c2sc(C)c3c2C[C@@H]2[C@H]3C2(C)C)cc1C. The van der Waals surface area contributed by atoms with Crippen LogP contribution < -0.4 is 4.74 Å². The second-order valence-corrected chi connectivity index (χ2v) is 9.90. The first kappa shape index (κ1) is 17.8. The standard InChI is InChI=1S/C23H28O2S/c1-12-9-15(10-13(2)21(12)25-6)7-8-18(24)22-16-11-17-20(23(17,4)5)19(16)14(3)26-22/h9-10,17,20H,7-8,11H2,1-6H3/t17-,20-/m1/s1. The lowest BCUT2D eigenvalue weighted by molar-refractivity contribution is 0.0985. The van der Waals surface area contributed by atoms with Gasteiger partial charge in [0.25, 0.3) is 0 Å². The van der Waals surface area contributed by atoms with Gasteiger partial charge in [-0.3, -0.25) is 4.79 Å². The van der Waals surface area contributed by atoms with Gasteiger partial charge in [-0.15, -0.1) is 11.3 Å². The zero-order chi connectivity index (χ0) is 18.8. The number of aryl methyl sites for hydroxylation is 4. The number of Topliss-reactive ketones (excluding diaryl/α,β-unsaturated/α-hetero) is 1. The Morgan fingerprint density at radius 1 is 1.23 bits per heavy atom. The molecule has 0 aliphatic heterocycles. The molecule has 2 aliphatic carbocycles. The van der Waals surface area contributed by atoms with Crippen LogP contribution in [0.4, 0.5) is 0 Å². The van der Waals surface area contributed by atoms with Gasteiger partial charge in [0, 0.05) is 11.3 Å². The Kier molecular flexibility index (Phi) is 4.07. The number of methoxy groups -OCH3 is 1. The molecule has 2 atom stereocenters. The molecule has 138 valence electrons. The van der Waals surface area contributed by atoms with Gasteiger partial charge in [0.15, 0.2) is 5.78 Å². The molecule has 1 aromatic heterocycles. The van der Waals surface area contributed by atoms with Crippen LogP contribution in [0.2, 0.25) is 0 Å². The Balaban J connectivity index is 1.51. The van der Waals surface area contributed by atoms with E-state index >= 15 is 0 Å². The van der Waals surface area contributed by atoms with Gasteiger partial charge < -0.3 is 4.74 Å². The van der Waals surface area contributed by atoms with Crippen LogP contribution in [0.25, 0.3) is 0 Å². The predicted octanol–water partition coefficient (Wildman–Crippen LogP) is 5.79. The Labute approximate surface area is 160 Å². The summed E-state index contributed by atoms with van der Waals surface area (Å²) in [6, 6.07) is 4.31. The molecular weight excluding hydrogens is 340 g/mol. The first-order valence-electron chi connectivity index (χ1n) is 9.55. The summed E-state index contributed by atoms with van der Waals surface area (Å²) in [6.45, 7) is 11.1. The van der Waals surface area contributed by atoms with Gasteiger partial charge in [-0.1, -0.05) is 26.0 Å². The monoisotopic (exact) mass is 368 g/mol. The minimum absolute atomic E-state index is 0.324. The van der Waals surface area contributed by atoms with Crippen LogP contribution in [0.3, 0.4) is 0 Å². The molecule has 0 bridgehead atoms. The molecule has 0 amide bonds. The minimum atomic E-state index is 0.324. The molecular formula is C23H28O2S. The zero-order valence-corrected chi connectivity index (χ0v) is 17.5. The van der Waals surface area contributed by atoms with Gasteiger partial charge in [0.2, 0.25) is 0 Å². The van der Waals surface area contributed by atoms with Crippen LogP contribution >= 0.6 is 11.3 Å². The van der Waals surface area contributed by atoms with Crippen molar-refractivity contribution < 1.29 is 9.53 Å².